The Morgan fingerprint density at radius 3 is 2.39 bits per heavy atom. The van der Waals surface area contributed by atoms with Crippen molar-refractivity contribution in [2.45, 2.75) is 49.1 Å². The number of rotatable bonds is 5. The van der Waals surface area contributed by atoms with Crippen LogP contribution in [0.15, 0.2) is 77.7 Å². The van der Waals surface area contributed by atoms with Crippen molar-refractivity contribution in [3.8, 4) is 11.1 Å². The quantitative estimate of drug-likeness (QED) is 0.577. The fourth-order valence-electron chi connectivity index (χ4n) is 4.93. The van der Waals surface area contributed by atoms with E-state index >= 15 is 0 Å². The molecular formula is C26H27FN2OS. The van der Waals surface area contributed by atoms with E-state index in [-0.39, 0.29) is 11.9 Å². The third-order valence-electron chi connectivity index (χ3n) is 6.53. The highest BCUT2D eigenvalue weighted by Gasteiger charge is 2.31. The van der Waals surface area contributed by atoms with Gasteiger partial charge in [-0.15, -0.1) is 0 Å². The van der Waals surface area contributed by atoms with E-state index in [1.165, 1.54) is 29.8 Å². The Morgan fingerprint density at radius 2 is 1.61 bits per heavy atom. The second-order valence-corrected chi connectivity index (χ2v) is 9.75. The van der Waals surface area contributed by atoms with Gasteiger partial charge in [-0.2, -0.15) is 0 Å². The van der Waals surface area contributed by atoms with E-state index in [2.05, 4.69) is 33.9 Å². The number of halogens is 1. The van der Waals surface area contributed by atoms with Crippen molar-refractivity contribution in [1.82, 2.24) is 4.72 Å². The van der Waals surface area contributed by atoms with Gasteiger partial charge in [0.15, 0.2) is 0 Å². The molecule has 0 bridgehead atoms. The average Bonchev–Trinajstić information content (AvgIpc) is 3.24. The first-order valence-electron chi connectivity index (χ1n) is 11.1. The van der Waals surface area contributed by atoms with Gasteiger partial charge < -0.3 is 4.90 Å². The molecule has 2 aliphatic rings. The van der Waals surface area contributed by atoms with Crippen LogP contribution in [0.5, 0.6) is 0 Å². The van der Waals surface area contributed by atoms with Crippen molar-refractivity contribution in [3.05, 3.63) is 84.2 Å². The van der Waals surface area contributed by atoms with E-state index in [1.54, 1.807) is 12.1 Å². The van der Waals surface area contributed by atoms with Gasteiger partial charge in [-0.05, 0) is 79.1 Å². The summed E-state index contributed by atoms with van der Waals surface area (Å²) in [4.78, 5) is 3.34. The first kappa shape index (κ1) is 20.4. The minimum absolute atomic E-state index is 0.242. The average molecular weight is 435 g/mol. The van der Waals surface area contributed by atoms with E-state index < -0.39 is 11.0 Å². The first-order valence-corrected chi connectivity index (χ1v) is 12.2. The predicted octanol–water partition coefficient (Wildman–Crippen LogP) is 5.48. The molecule has 0 amide bonds. The van der Waals surface area contributed by atoms with Crippen LogP contribution in [0.4, 0.5) is 10.1 Å². The number of nitrogens with one attached hydrogen (secondary N) is 1. The zero-order chi connectivity index (χ0) is 21.2. The highest BCUT2D eigenvalue weighted by atomic mass is 32.2. The summed E-state index contributed by atoms with van der Waals surface area (Å²) in [5.74, 6) is -0.242. The van der Waals surface area contributed by atoms with Crippen LogP contribution in [0, 0.1) is 5.82 Å². The number of anilines is 1. The normalized spacial score (nSPS) is 21.6. The highest BCUT2D eigenvalue weighted by molar-refractivity contribution is 7.83. The van der Waals surface area contributed by atoms with E-state index in [9.17, 15) is 8.60 Å². The lowest BCUT2D eigenvalue weighted by Gasteiger charge is -2.37. The zero-order valence-electron chi connectivity index (χ0n) is 17.5. The molecule has 0 aromatic heterocycles. The van der Waals surface area contributed by atoms with Crippen LogP contribution in [0.25, 0.3) is 11.1 Å². The topological polar surface area (TPSA) is 32.3 Å². The van der Waals surface area contributed by atoms with E-state index in [0.717, 1.165) is 48.3 Å². The van der Waals surface area contributed by atoms with E-state index in [4.69, 9.17) is 0 Å². The summed E-state index contributed by atoms with van der Waals surface area (Å²) in [6, 6.07) is 23.6. The molecule has 31 heavy (non-hydrogen) atoms. The molecule has 1 fully saturated rings. The van der Waals surface area contributed by atoms with E-state index in [1.807, 2.05) is 24.3 Å². The largest absolute Gasteiger partial charge is 0.368 e. The Balaban J connectivity index is 1.23. The van der Waals surface area contributed by atoms with Crippen LogP contribution in [0.1, 0.15) is 31.2 Å². The summed E-state index contributed by atoms with van der Waals surface area (Å²) in [5.41, 5.74) is 4.77. The molecule has 3 unspecified atom stereocenters. The molecule has 3 atom stereocenters. The molecule has 5 heteroatoms. The lowest BCUT2D eigenvalue weighted by molar-refractivity contribution is 0.361. The summed E-state index contributed by atoms with van der Waals surface area (Å²) >= 11 is 0. The molecule has 1 N–H and O–H groups in total. The van der Waals surface area contributed by atoms with Crippen molar-refractivity contribution in [3.63, 3.8) is 0 Å². The Labute approximate surface area is 185 Å². The molecule has 1 saturated carbocycles. The van der Waals surface area contributed by atoms with Crippen molar-refractivity contribution in [2.24, 2.45) is 0 Å². The van der Waals surface area contributed by atoms with Gasteiger partial charge >= 0.3 is 0 Å². The summed E-state index contributed by atoms with van der Waals surface area (Å²) in [5, 5.41) is 0. The van der Waals surface area contributed by atoms with Gasteiger partial charge in [-0.1, -0.05) is 42.5 Å². The van der Waals surface area contributed by atoms with E-state index in [0.29, 0.717) is 6.04 Å². The maximum absolute atomic E-state index is 13.1. The molecule has 5 rings (SSSR count). The summed E-state index contributed by atoms with van der Waals surface area (Å²) < 4.78 is 29.5. The van der Waals surface area contributed by atoms with Crippen LogP contribution < -0.4 is 9.62 Å². The molecule has 1 heterocycles. The predicted molar refractivity (Wildman–Crippen MR) is 125 cm³/mol. The van der Waals surface area contributed by atoms with Crippen molar-refractivity contribution in [1.29, 1.82) is 0 Å². The third-order valence-corrected chi connectivity index (χ3v) is 7.78. The number of benzene rings is 3. The van der Waals surface area contributed by atoms with Crippen LogP contribution in [0.3, 0.4) is 0 Å². The van der Waals surface area contributed by atoms with Crippen molar-refractivity contribution in [2.75, 3.05) is 11.4 Å². The Bertz CT molecular complexity index is 1070. The maximum Gasteiger partial charge on any atom is 0.125 e. The van der Waals surface area contributed by atoms with Gasteiger partial charge in [0.05, 0.1) is 4.90 Å². The monoisotopic (exact) mass is 434 g/mol. The molecule has 1 aliphatic carbocycles. The standard InChI is InChI=1S/C26H27FN2OS/c27-22-12-8-19(9-13-22)20-10-14-25(15-11-20)31(30)28-23-5-3-6-24(18-23)29-17-16-21-4-1-2-7-26(21)29/h1-2,4,7-15,23-24,28H,3,5-6,16-18H2. The van der Waals surface area contributed by atoms with Crippen molar-refractivity contribution < 1.29 is 8.60 Å². The Morgan fingerprint density at radius 1 is 0.903 bits per heavy atom. The lowest BCUT2D eigenvalue weighted by atomic mass is 9.90. The molecule has 1 aliphatic heterocycles. The Hall–Kier alpha value is -2.50. The number of para-hydroxylation sites is 1. The number of hydrogen-bond acceptors (Lipinski definition) is 2. The molecule has 3 nitrogen and oxygen atoms in total. The van der Waals surface area contributed by atoms with Gasteiger partial charge in [0.2, 0.25) is 0 Å². The number of nitrogens with zero attached hydrogens (tertiary/aromatic N) is 1. The molecule has 160 valence electrons. The first-order chi connectivity index (χ1) is 15.2. The highest BCUT2D eigenvalue weighted by Crippen LogP contribution is 2.34. The molecule has 0 spiro atoms. The SMILES string of the molecule is O=S(NC1CCCC(N2CCc3ccccc32)C1)c1ccc(-c2ccc(F)cc2)cc1. The summed E-state index contributed by atoms with van der Waals surface area (Å²) in [7, 11) is -1.24. The van der Waals surface area contributed by atoms with Crippen LogP contribution >= 0.6 is 0 Å². The minimum atomic E-state index is -1.24. The van der Waals surface area contributed by atoms with Gasteiger partial charge in [-0.25, -0.2) is 13.3 Å². The van der Waals surface area contributed by atoms with Gasteiger partial charge in [0, 0.05) is 24.3 Å². The van der Waals surface area contributed by atoms with Gasteiger partial charge in [0.25, 0.3) is 0 Å². The summed E-state index contributed by atoms with van der Waals surface area (Å²) in [6.07, 6.45) is 5.56. The second-order valence-electron chi connectivity index (χ2n) is 8.51. The number of hydrogen-bond donors (Lipinski definition) is 1. The third kappa shape index (κ3) is 4.43. The Kier molecular flexibility index (Phi) is 5.88. The van der Waals surface area contributed by atoms with Gasteiger partial charge in [0.1, 0.15) is 16.8 Å². The fourth-order valence-corrected chi connectivity index (χ4v) is 5.97. The summed E-state index contributed by atoms with van der Waals surface area (Å²) in [6.45, 7) is 1.09. The molecule has 3 aromatic rings. The second kappa shape index (κ2) is 8.93. The van der Waals surface area contributed by atoms with Crippen LogP contribution in [-0.2, 0) is 17.4 Å². The lowest BCUT2D eigenvalue weighted by Crippen LogP contribution is -2.44. The molecule has 0 saturated heterocycles. The maximum atomic E-state index is 13.1. The molecule has 0 radical (unpaired) electrons. The molecular weight excluding hydrogens is 407 g/mol. The molecule has 3 aromatic carbocycles. The zero-order valence-corrected chi connectivity index (χ0v) is 18.3. The number of fused-ring (bicyclic) bond motifs is 1. The minimum Gasteiger partial charge on any atom is -0.368 e. The van der Waals surface area contributed by atoms with Crippen LogP contribution in [0.2, 0.25) is 0 Å². The smallest absolute Gasteiger partial charge is 0.125 e. The van der Waals surface area contributed by atoms with Gasteiger partial charge in [-0.3, -0.25) is 0 Å². The van der Waals surface area contributed by atoms with Crippen molar-refractivity contribution >= 4 is 16.7 Å². The van der Waals surface area contributed by atoms with Crippen LogP contribution in [-0.4, -0.2) is 22.8 Å². The fraction of sp³-hybridized carbons (Fsp3) is 0.308.